The SMILES string of the molecule is Cc1nn(C)c(C)c1NC1CC(c2ccccc2)C1. The molecule has 0 atom stereocenters. The minimum atomic E-state index is 0.590. The van der Waals surface area contributed by atoms with Crippen LogP contribution in [-0.2, 0) is 7.05 Å². The number of hydrogen-bond acceptors (Lipinski definition) is 2. The molecule has 1 aromatic heterocycles. The molecule has 0 amide bonds. The molecule has 1 aliphatic rings. The predicted octanol–water partition coefficient (Wildman–Crippen LogP) is 3.40. The molecule has 0 unspecified atom stereocenters. The molecular formula is C16H21N3. The number of anilines is 1. The monoisotopic (exact) mass is 255 g/mol. The van der Waals surface area contributed by atoms with Gasteiger partial charge in [0.1, 0.15) is 0 Å². The van der Waals surface area contributed by atoms with E-state index in [2.05, 4.69) is 54.6 Å². The Hall–Kier alpha value is -1.77. The predicted molar refractivity (Wildman–Crippen MR) is 78.5 cm³/mol. The lowest BCUT2D eigenvalue weighted by Gasteiger charge is -2.37. The zero-order valence-corrected chi connectivity index (χ0v) is 11.9. The Morgan fingerprint density at radius 1 is 1.16 bits per heavy atom. The average Bonchev–Trinajstić information content (AvgIpc) is 2.60. The van der Waals surface area contributed by atoms with Gasteiger partial charge >= 0.3 is 0 Å². The van der Waals surface area contributed by atoms with E-state index in [4.69, 9.17) is 0 Å². The van der Waals surface area contributed by atoms with E-state index in [1.54, 1.807) is 0 Å². The minimum Gasteiger partial charge on any atom is -0.379 e. The molecule has 3 nitrogen and oxygen atoms in total. The second kappa shape index (κ2) is 4.72. The van der Waals surface area contributed by atoms with Gasteiger partial charge in [-0.2, -0.15) is 5.10 Å². The molecule has 100 valence electrons. The topological polar surface area (TPSA) is 29.9 Å². The Labute approximate surface area is 114 Å². The van der Waals surface area contributed by atoms with E-state index in [0.717, 1.165) is 11.6 Å². The second-order valence-electron chi connectivity index (χ2n) is 5.59. The van der Waals surface area contributed by atoms with Gasteiger partial charge in [0.05, 0.1) is 17.1 Å². The van der Waals surface area contributed by atoms with Crippen molar-refractivity contribution in [2.45, 2.75) is 38.6 Å². The molecule has 0 aliphatic heterocycles. The van der Waals surface area contributed by atoms with Crippen LogP contribution in [0.4, 0.5) is 5.69 Å². The molecule has 0 spiro atoms. The van der Waals surface area contributed by atoms with Crippen molar-refractivity contribution in [3.05, 3.63) is 47.3 Å². The smallest absolute Gasteiger partial charge is 0.0827 e. The van der Waals surface area contributed by atoms with Crippen molar-refractivity contribution >= 4 is 5.69 Å². The third kappa shape index (κ3) is 2.25. The summed E-state index contributed by atoms with van der Waals surface area (Å²) in [7, 11) is 2.00. The van der Waals surface area contributed by atoms with E-state index in [1.165, 1.54) is 29.8 Å². The summed E-state index contributed by atoms with van der Waals surface area (Å²) in [6.07, 6.45) is 2.44. The zero-order chi connectivity index (χ0) is 13.4. The van der Waals surface area contributed by atoms with E-state index in [1.807, 2.05) is 11.7 Å². The standard InChI is InChI=1S/C16H21N3/c1-11-16(12(2)19(3)18-11)17-15-9-14(10-15)13-7-5-4-6-8-13/h4-8,14-15,17H,9-10H2,1-3H3. The third-order valence-electron chi connectivity index (χ3n) is 4.27. The molecule has 0 radical (unpaired) electrons. The number of nitrogens with zero attached hydrogens (tertiary/aromatic N) is 2. The van der Waals surface area contributed by atoms with Gasteiger partial charge in [-0.3, -0.25) is 4.68 Å². The minimum absolute atomic E-state index is 0.590. The van der Waals surface area contributed by atoms with Gasteiger partial charge in [0, 0.05) is 13.1 Å². The van der Waals surface area contributed by atoms with Gasteiger partial charge in [-0.15, -0.1) is 0 Å². The Kier molecular flexibility index (Phi) is 3.05. The number of benzene rings is 1. The van der Waals surface area contributed by atoms with Crippen LogP contribution >= 0.6 is 0 Å². The fourth-order valence-corrected chi connectivity index (χ4v) is 2.92. The highest BCUT2D eigenvalue weighted by Crippen LogP contribution is 2.39. The summed E-state index contributed by atoms with van der Waals surface area (Å²) in [5, 5.41) is 8.11. The quantitative estimate of drug-likeness (QED) is 0.911. The fourth-order valence-electron chi connectivity index (χ4n) is 2.92. The van der Waals surface area contributed by atoms with Crippen molar-refractivity contribution < 1.29 is 0 Å². The third-order valence-corrected chi connectivity index (χ3v) is 4.27. The van der Waals surface area contributed by atoms with Crippen molar-refractivity contribution in [2.24, 2.45) is 7.05 Å². The lowest BCUT2D eigenvalue weighted by Crippen LogP contribution is -2.34. The summed E-state index contributed by atoms with van der Waals surface area (Å²) < 4.78 is 1.95. The van der Waals surface area contributed by atoms with Crippen LogP contribution in [0.5, 0.6) is 0 Å². The molecule has 2 aromatic rings. The van der Waals surface area contributed by atoms with Crippen LogP contribution in [-0.4, -0.2) is 15.8 Å². The highest BCUT2D eigenvalue weighted by atomic mass is 15.3. The van der Waals surface area contributed by atoms with Crippen molar-refractivity contribution in [3.8, 4) is 0 Å². The maximum absolute atomic E-state index is 4.45. The molecule has 1 aliphatic carbocycles. The Balaban J connectivity index is 1.63. The zero-order valence-electron chi connectivity index (χ0n) is 11.9. The molecule has 19 heavy (non-hydrogen) atoms. The van der Waals surface area contributed by atoms with E-state index in [0.29, 0.717) is 6.04 Å². The summed E-state index contributed by atoms with van der Waals surface area (Å²) in [4.78, 5) is 0. The normalized spacial score (nSPS) is 22.1. The summed E-state index contributed by atoms with van der Waals surface area (Å²) in [5.74, 6) is 0.719. The van der Waals surface area contributed by atoms with E-state index >= 15 is 0 Å². The van der Waals surface area contributed by atoms with Gasteiger partial charge in [-0.25, -0.2) is 0 Å². The van der Waals surface area contributed by atoms with Crippen molar-refractivity contribution in [3.63, 3.8) is 0 Å². The first-order valence-electron chi connectivity index (χ1n) is 6.97. The van der Waals surface area contributed by atoms with Gasteiger partial charge in [0.15, 0.2) is 0 Å². The highest BCUT2D eigenvalue weighted by Gasteiger charge is 2.31. The van der Waals surface area contributed by atoms with Crippen LogP contribution in [0.2, 0.25) is 0 Å². The average molecular weight is 255 g/mol. The first kappa shape index (κ1) is 12.3. The molecule has 0 bridgehead atoms. The Morgan fingerprint density at radius 2 is 1.84 bits per heavy atom. The van der Waals surface area contributed by atoms with Crippen LogP contribution in [0.25, 0.3) is 0 Å². The van der Waals surface area contributed by atoms with Gasteiger partial charge in [-0.1, -0.05) is 30.3 Å². The summed E-state index contributed by atoms with van der Waals surface area (Å²) in [6, 6.07) is 11.4. The molecule has 1 aromatic carbocycles. The van der Waals surface area contributed by atoms with E-state index in [-0.39, 0.29) is 0 Å². The van der Waals surface area contributed by atoms with Crippen molar-refractivity contribution in [1.82, 2.24) is 9.78 Å². The number of nitrogens with one attached hydrogen (secondary N) is 1. The van der Waals surface area contributed by atoms with Gasteiger partial charge in [-0.05, 0) is 38.2 Å². The first-order chi connectivity index (χ1) is 9.15. The largest absolute Gasteiger partial charge is 0.379 e. The molecule has 3 rings (SSSR count). The highest BCUT2D eigenvalue weighted by molar-refractivity contribution is 5.53. The first-order valence-corrected chi connectivity index (χ1v) is 6.97. The van der Waals surface area contributed by atoms with Crippen LogP contribution in [0.1, 0.15) is 35.7 Å². The molecule has 1 N–H and O–H groups in total. The molecular weight excluding hydrogens is 234 g/mol. The molecule has 3 heteroatoms. The van der Waals surface area contributed by atoms with Crippen molar-refractivity contribution in [1.29, 1.82) is 0 Å². The lowest BCUT2D eigenvalue weighted by atomic mass is 9.76. The fraction of sp³-hybridized carbons (Fsp3) is 0.438. The van der Waals surface area contributed by atoms with Crippen LogP contribution < -0.4 is 5.32 Å². The van der Waals surface area contributed by atoms with Crippen LogP contribution in [0.15, 0.2) is 30.3 Å². The number of aromatic nitrogens is 2. The maximum atomic E-state index is 4.45. The van der Waals surface area contributed by atoms with Gasteiger partial charge in [0.2, 0.25) is 0 Å². The summed E-state index contributed by atoms with van der Waals surface area (Å²) in [6.45, 7) is 4.19. The second-order valence-corrected chi connectivity index (χ2v) is 5.59. The molecule has 1 heterocycles. The van der Waals surface area contributed by atoms with Gasteiger partial charge in [0.25, 0.3) is 0 Å². The van der Waals surface area contributed by atoms with E-state index in [9.17, 15) is 0 Å². The Bertz CT molecular complexity index is 565. The van der Waals surface area contributed by atoms with Gasteiger partial charge < -0.3 is 5.32 Å². The Morgan fingerprint density at radius 3 is 2.42 bits per heavy atom. The number of hydrogen-bond donors (Lipinski definition) is 1. The summed E-state index contributed by atoms with van der Waals surface area (Å²) in [5.41, 5.74) is 5.02. The molecule has 1 fully saturated rings. The lowest BCUT2D eigenvalue weighted by molar-refractivity contribution is 0.374. The number of aryl methyl sites for hydroxylation is 2. The van der Waals surface area contributed by atoms with Crippen LogP contribution in [0, 0.1) is 13.8 Å². The molecule has 0 saturated heterocycles. The maximum Gasteiger partial charge on any atom is 0.0827 e. The number of rotatable bonds is 3. The van der Waals surface area contributed by atoms with E-state index < -0.39 is 0 Å². The summed E-state index contributed by atoms with van der Waals surface area (Å²) >= 11 is 0. The van der Waals surface area contributed by atoms with Crippen molar-refractivity contribution in [2.75, 3.05) is 5.32 Å². The molecule has 1 saturated carbocycles. The van der Waals surface area contributed by atoms with Crippen LogP contribution in [0.3, 0.4) is 0 Å².